The molecule has 2 aromatic carbocycles. The molecule has 5 nitrogen and oxygen atoms in total. The fraction of sp³-hybridized carbons (Fsp3) is 0.250. The second-order valence-corrected chi connectivity index (χ2v) is 8.30. The van der Waals surface area contributed by atoms with Crippen LogP contribution in [0, 0.1) is 6.92 Å². The van der Waals surface area contributed by atoms with Gasteiger partial charge in [0, 0.05) is 13.0 Å². The van der Waals surface area contributed by atoms with E-state index in [4.69, 9.17) is 9.57 Å². The van der Waals surface area contributed by atoms with Crippen molar-refractivity contribution in [3.8, 4) is 5.75 Å². The van der Waals surface area contributed by atoms with E-state index in [9.17, 15) is 4.79 Å². The third-order valence-corrected chi connectivity index (χ3v) is 5.93. The van der Waals surface area contributed by atoms with Crippen LogP contribution in [0.3, 0.4) is 0 Å². The molecule has 0 unspecified atom stereocenters. The molecule has 0 N–H and O–H groups in total. The molecule has 2 heterocycles. The molecule has 1 aromatic heterocycles. The van der Waals surface area contributed by atoms with E-state index in [0.29, 0.717) is 19.5 Å². The number of benzene rings is 2. The van der Waals surface area contributed by atoms with E-state index in [1.807, 2.05) is 46.7 Å². The lowest BCUT2D eigenvalue weighted by atomic mass is 10.0. The molecule has 0 bridgehead atoms. The van der Waals surface area contributed by atoms with Crippen LogP contribution < -0.4 is 4.74 Å². The normalized spacial score (nSPS) is 15.4. The Morgan fingerprint density at radius 3 is 2.77 bits per heavy atom. The third kappa shape index (κ3) is 4.71. The zero-order chi connectivity index (χ0) is 20.9. The molecule has 0 spiro atoms. The lowest BCUT2D eigenvalue weighted by molar-refractivity contribution is 0.0408. The molecule has 30 heavy (non-hydrogen) atoms. The van der Waals surface area contributed by atoms with E-state index in [2.05, 4.69) is 36.3 Å². The maximum atomic E-state index is 13.2. The number of carbonyl (C=O) groups excluding carboxylic acids is 1. The Kier molecular flexibility index (Phi) is 6.14. The van der Waals surface area contributed by atoms with Crippen LogP contribution in [0.1, 0.15) is 32.8 Å². The molecule has 0 fully saturated rings. The number of nitrogens with zero attached hydrogens (tertiary/aromatic N) is 2. The molecule has 3 aromatic rings. The van der Waals surface area contributed by atoms with Gasteiger partial charge in [0.25, 0.3) is 5.91 Å². The van der Waals surface area contributed by atoms with Gasteiger partial charge in [0.1, 0.15) is 5.75 Å². The fourth-order valence-corrected chi connectivity index (χ4v) is 4.15. The van der Waals surface area contributed by atoms with Crippen LogP contribution in [0.2, 0.25) is 0 Å². The predicted molar refractivity (Wildman–Crippen MR) is 119 cm³/mol. The number of oxime groups is 1. The molecule has 1 amide bonds. The first-order chi connectivity index (χ1) is 14.6. The Hall–Kier alpha value is -3.12. The summed E-state index contributed by atoms with van der Waals surface area (Å²) in [6.07, 6.45) is 0.505. The van der Waals surface area contributed by atoms with Crippen molar-refractivity contribution in [1.82, 2.24) is 4.90 Å². The molecule has 4 rings (SSSR count). The van der Waals surface area contributed by atoms with E-state index in [1.165, 1.54) is 16.9 Å². The molecule has 1 aliphatic rings. The van der Waals surface area contributed by atoms with Crippen molar-refractivity contribution in [3.05, 3.63) is 87.6 Å². The topological polar surface area (TPSA) is 51.1 Å². The van der Waals surface area contributed by atoms with Crippen molar-refractivity contribution in [2.75, 3.05) is 13.7 Å². The summed E-state index contributed by atoms with van der Waals surface area (Å²) in [5, 5.41) is 6.21. The third-order valence-electron chi connectivity index (χ3n) is 5.07. The highest BCUT2D eigenvalue weighted by molar-refractivity contribution is 7.12. The van der Waals surface area contributed by atoms with Crippen molar-refractivity contribution in [2.45, 2.75) is 26.0 Å². The number of hydrogen-bond donors (Lipinski definition) is 0. The van der Waals surface area contributed by atoms with Gasteiger partial charge in [0.05, 0.1) is 24.2 Å². The summed E-state index contributed by atoms with van der Waals surface area (Å²) >= 11 is 1.45. The maximum Gasteiger partial charge on any atom is 0.264 e. The van der Waals surface area contributed by atoms with Crippen LogP contribution in [0.4, 0.5) is 0 Å². The Morgan fingerprint density at radius 2 is 2.03 bits per heavy atom. The largest absolute Gasteiger partial charge is 0.497 e. The number of amides is 1. The monoisotopic (exact) mass is 420 g/mol. The van der Waals surface area contributed by atoms with Crippen LogP contribution in [-0.4, -0.2) is 36.3 Å². The number of rotatable bonds is 7. The summed E-state index contributed by atoms with van der Waals surface area (Å²) in [6, 6.07) is 19.8. The lowest BCUT2D eigenvalue weighted by Crippen LogP contribution is -2.37. The highest BCUT2D eigenvalue weighted by Gasteiger charge is 2.27. The van der Waals surface area contributed by atoms with Gasteiger partial charge in [-0.2, -0.15) is 0 Å². The van der Waals surface area contributed by atoms with Gasteiger partial charge in [-0.1, -0.05) is 53.2 Å². The van der Waals surface area contributed by atoms with Gasteiger partial charge in [-0.3, -0.25) is 4.79 Å². The summed E-state index contributed by atoms with van der Waals surface area (Å²) < 4.78 is 5.33. The van der Waals surface area contributed by atoms with Crippen molar-refractivity contribution >= 4 is 23.0 Å². The van der Waals surface area contributed by atoms with Crippen molar-refractivity contribution in [2.24, 2.45) is 5.16 Å². The number of aryl methyl sites for hydroxylation is 1. The second-order valence-electron chi connectivity index (χ2n) is 7.35. The molecule has 0 aliphatic carbocycles. The van der Waals surface area contributed by atoms with Crippen LogP contribution in [0.15, 0.2) is 71.2 Å². The van der Waals surface area contributed by atoms with Crippen LogP contribution in [0.25, 0.3) is 0 Å². The van der Waals surface area contributed by atoms with Gasteiger partial charge in [0.15, 0.2) is 6.10 Å². The molecule has 6 heteroatoms. The highest BCUT2D eigenvalue weighted by Crippen LogP contribution is 2.22. The average molecular weight is 421 g/mol. The minimum Gasteiger partial charge on any atom is -0.497 e. The molecule has 0 radical (unpaired) electrons. The number of thiophene rings is 1. The van der Waals surface area contributed by atoms with Gasteiger partial charge >= 0.3 is 0 Å². The maximum absolute atomic E-state index is 13.2. The number of hydrogen-bond acceptors (Lipinski definition) is 5. The minimum atomic E-state index is -0.171. The molecule has 1 aliphatic heterocycles. The van der Waals surface area contributed by atoms with E-state index >= 15 is 0 Å². The molecule has 0 saturated carbocycles. The van der Waals surface area contributed by atoms with Gasteiger partial charge in [-0.25, -0.2) is 0 Å². The first-order valence-electron chi connectivity index (χ1n) is 9.88. The summed E-state index contributed by atoms with van der Waals surface area (Å²) in [4.78, 5) is 21.4. The number of methoxy groups -OCH3 is 1. The Morgan fingerprint density at radius 1 is 1.20 bits per heavy atom. The Balaban J connectivity index is 1.48. The van der Waals surface area contributed by atoms with Crippen LogP contribution >= 0.6 is 11.3 Å². The quantitative estimate of drug-likeness (QED) is 0.546. The average Bonchev–Trinajstić information content (AvgIpc) is 3.46. The zero-order valence-corrected chi connectivity index (χ0v) is 17.9. The van der Waals surface area contributed by atoms with Crippen LogP contribution in [0.5, 0.6) is 5.75 Å². The Bertz CT molecular complexity index is 1030. The molecular formula is C24H24N2O3S. The molecule has 0 saturated heterocycles. The Labute approximate surface area is 180 Å². The van der Waals surface area contributed by atoms with Gasteiger partial charge in [-0.05, 0) is 41.6 Å². The first-order valence-corrected chi connectivity index (χ1v) is 10.8. The van der Waals surface area contributed by atoms with Gasteiger partial charge in [-0.15, -0.1) is 11.3 Å². The SMILES string of the molecule is COc1cccc(CN(C[C@@H]2CC(c3ccc(C)cc3)=NO2)C(=O)c2cccs2)c1. The second kappa shape index (κ2) is 9.13. The van der Waals surface area contributed by atoms with E-state index in [0.717, 1.165) is 27.5 Å². The highest BCUT2D eigenvalue weighted by atomic mass is 32.1. The van der Waals surface area contributed by atoms with Crippen LogP contribution in [-0.2, 0) is 11.4 Å². The van der Waals surface area contributed by atoms with E-state index < -0.39 is 0 Å². The number of carbonyl (C=O) groups is 1. The zero-order valence-electron chi connectivity index (χ0n) is 17.1. The standard InChI is InChI=1S/C24H24N2O3S/c1-17-8-10-19(11-9-17)22-14-21(29-25-22)16-26(24(27)23-7-4-12-30-23)15-18-5-3-6-20(13-18)28-2/h3-13,21H,14-16H2,1-2H3/t21-/m0/s1. The molecule has 1 atom stereocenters. The predicted octanol–water partition coefficient (Wildman–Crippen LogP) is 4.90. The lowest BCUT2D eigenvalue weighted by Gasteiger charge is -2.24. The van der Waals surface area contributed by atoms with Crippen molar-refractivity contribution in [3.63, 3.8) is 0 Å². The van der Waals surface area contributed by atoms with E-state index in [1.54, 1.807) is 7.11 Å². The molecular weight excluding hydrogens is 396 g/mol. The van der Waals surface area contributed by atoms with E-state index in [-0.39, 0.29) is 12.0 Å². The van der Waals surface area contributed by atoms with Crippen molar-refractivity contribution in [1.29, 1.82) is 0 Å². The summed E-state index contributed by atoms with van der Waals surface area (Å²) in [5.41, 5.74) is 4.20. The summed E-state index contributed by atoms with van der Waals surface area (Å²) in [5.74, 6) is 0.776. The summed E-state index contributed by atoms with van der Waals surface area (Å²) in [7, 11) is 1.64. The minimum absolute atomic E-state index is 0.000191. The van der Waals surface area contributed by atoms with Gasteiger partial charge in [0.2, 0.25) is 0 Å². The fourth-order valence-electron chi connectivity index (χ4n) is 3.46. The van der Waals surface area contributed by atoms with Gasteiger partial charge < -0.3 is 14.5 Å². The van der Waals surface area contributed by atoms with Crippen molar-refractivity contribution < 1.29 is 14.4 Å². The summed E-state index contributed by atoms with van der Waals surface area (Å²) in [6.45, 7) is 3.01. The smallest absolute Gasteiger partial charge is 0.264 e. The number of ether oxygens (including phenoxy) is 1. The first kappa shape index (κ1) is 20.2. The molecule has 154 valence electrons.